The number of ether oxygens (including phenoxy) is 4. The van der Waals surface area contributed by atoms with E-state index in [2.05, 4.69) is 60.8 Å². The SMILES string of the molecule is CCC#CCNC(=O)NCCCCOCSSC(C)(C)CCOC(=O)NCCOCCOCCNC(C)C. The molecule has 10 nitrogen and oxygen atoms in total. The van der Waals surface area contributed by atoms with Crippen LogP contribution in [0.2, 0.25) is 0 Å². The van der Waals surface area contributed by atoms with Gasteiger partial charge >= 0.3 is 12.1 Å². The average molecular weight is 579 g/mol. The van der Waals surface area contributed by atoms with E-state index in [1.54, 1.807) is 21.6 Å². The van der Waals surface area contributed by atoms with Crippen molar-refractivity contribution >= 4 is 33.7 Å². The molecule has 222 valence electrons. The van der Waals surface area contributed by atoms with Gasteiger partial charge in [0.2, 0.25) is 0 Å². The van der Waals surface area contributed by atoms with E-state index in [1.807, 2.05) is 6.92 Å². The predicted octanol–water partition coefficient (Wildman–Crippen LogP) is 3.76. The minimum Gasteiger partial charge on any atom is -0.450 e. The molecule has 0 spiro atoms. The van der Waals surface area contributed by atoms with Crippen LogP contribution in [0.1, 0.15) is 60.3 Å². The zero-order chi connectivity index (χ0) is 28.3. The first-order valence-electron chi connectivity index (χ1n) is 13.4. The van der Waals surface area contributed by atoms with Crippen LogP contribution in [0.5, 0.6) is 0 Å². The zero-order valence-corrected chi connectivity index (χ0v) is 25.6. The second-order valence-electron chi connectivity index (χ2n) is 9.16. The molecule has 38 heavy (non-hydrogen) atoms. The molecule has 0 heterocycles. The number of nitrogens with one attached hydrogen (secondary N) is 4. The van der Waals surface area contributed by atoms with Gasteiger partial charge in [-0.3, -0.25) is 0 Å². The summed E-state index contributed by atoms with van der Waals surface area (Å²) in [5, 5.41) is 11.5. The Hall–Kier alpha value is -1.36. The van der Waals surface area contributed by atoms with E-state index in [0.717, 1.165) is 32.2 Å². The summed E-state index contributed by atoms with van der Waals surface area (Å²) in [6, 6.07) is 0.266. The van der Waals surface area contributed by atoms with Gasteiger partial charge in [0.1, 0.15) is 5.94 Å². The highest BCUT2D eigenvalue weighted by atomic mass is 33.1. The van der Waals surface area contributed by atoms with Gasteiger partial charge in [-0.2, -0.15) is 0 Å². The normalized spacial score (nSPS) is 11.1. The van der Waals surface area contributed by atoms with Crippen molar-refractivity contribution in [2.45, 2.75) is 71.1 Å². The number of urea groups is 1. The highest BCUT2D eigenvalue weighted by Crippen LogP contribution is 2.37. The smallest absolute Gasteiger partial charge is 0.407 e. The van der Waals surface area contributed by atoms with Crippen LogP contribution in [0.4, 0.5) is 9.59 Å². The van der Waals surface area contributed by atoms with Crippen molar-refractivity contribution in [1.82, 2.24) is 21.3 Å². The Morgan fingerprint density at radius 2 is 1.58 bits per heavy atom. The van der Waals surface area contributed by atoms with E-state index >= 15 is 0 Å². The molecule has 0 aromatic rings. The van der Waals surface area contributed by atoms with Crippen LogP contribution in [0.3, 0.4) is 0 Å². The Labute approximate surface area is 237 Å². The molecule has 4 N–H and O–H groups in total. The summed E-state index contributed by atoms with van der Waals surface area (Å²) in [4.78, 5) is 23.4. The Kier molecular flexibility index (Phi) is 25.0. The molecule has 0 aliphatic heterocycles. The van der Waals surface area contributed by atoms with E-state index in [-0.39, 0.29) is 10.8 Å². The zero-order valence-electron chi connectivity index (χ0n) is 23.9. The third-order valence-corrected chi connectivity index (χ3v) is 7.71. The maximum absolute atomic E-state index is 11.8. The number of amides is 3. The second-order valence-corrected chi connectivity index (χ2v) is 12.1. The third-order valence-electron chi connectivity index (χ3n) is 4.68. The molecule has 0 saturated carbocycles. The first kappa shape index (κ1) is 36.6. The van der Waals surface area contributed by atoms with E-state index in [9.17, 15) is 9.59 Å². The minimum absolute atomic E-state index is 0.0547. The van der Waals surface area contributed by atoms with Crippen molar-refractivity contribution in [1.29, 1.82) is 0 Å². The second kappa shape index (κ2) is 25.9. The van der Waals surface area contributed by atoms with Gasteiger partial charge in [0.25, 0.3) is 0 Å². The minimum atomic E-state index is -0.432. The van der Waals surface area contributed by atoms with Gasteiger partial charge < -0.3 is 40.2 Å². The van der Waals surface area contributed by atoms with E-state index in [4.69, 9.17) is 18.9 Å². The Morgan fingerprint density at radius 3 is 2.29 bits per heavy atom. The van der Waals surface area contributed by atoms with Crippen molar-refractivity contribution in [3.63, 3.8) is 0 Å². The van der Waals surface area contributed by atoms with Gasteiger partial charge in [-0.25, -0.2) is 9.59 Å². The van der Waals surface area contributed by atoms with Gasteiger partial charge in [-0.05, 0) is 33.1 Å². The van der Waals surface area contributed by atoms with Crippen molar-refractivity contribution in [2.75, 3.05) is 71.8 Å². The van der Waals surface area contributed by atoms with Crippen LogP contribution in [-0.2, 0) is 18.9 Å². The Bertz CT molecular complexity index is 659. The summed E-state index contributed by atoms with van der Waals surface area (Å²) in [6.45, 7) is 15.7. The maximum atomic E-state index is 11.8. The van der Waals surface area contributed by atoms with Crippen molar-refractivity contribution in [2.24, 2.45) is 0 Å². The highest BCUT2D eigenvalue weighted by Gasteiger charge is 2.19. The monoisotopic (exact) mass is 578 g/mol. The lowest BCUT2D eigenvalue weighted by Gasteiger charge is -2.22. The molecular weight excluding hydrogens is 528 g/mol. The average Bonchev–Trinajstić information content (AvgIpc) is 2.86. The Morgan fingerprint density at radius 1 is 0.842 bits per heavy atom. The lowest BCUT2D eigenvalue weighted by Crippen LogP contribution is -2.36. The fraction of sp³-hybridized carbons (Fsp3) is 0.846. The quantitative estimate of drug-likeness (QED) is 0.0622. The molecule has 0 atom stereocenters. The van der Waals surface area contributed by atoms with Crippen LogP contribution < -0.4 is 21.3 Å². The highest BCUT2D eigenvalue weighted by molar-refractivity contribution is 8.77. The fourth-order valence-electron chi connectivity index (χ4n) is 2.63. The van der Waals surface area contributed by atoms with Crippen molar-refractivity contribution in [3.8, 4) is 11.8 Å². The standard InChI is InChI=1S/C26H50N4O6S2/c1-6-7-8-12-28-24(31)29-13-9-10-16-35-22-37-38-26(4,5)11-17-36-25(32)30-15-19-34-21-20-33-18-14-27-23(2)3/h23,27H,6,9-22H2,1-5H3,(H,30,32)(H2,28,29,31). The molecule has 0 saturated heterocycles. The van der Waals surface area contributed by atoms with Gasteiger partial charge in [0, 0.05) is 43.5 Å². The van der Waals surface area contributed by atoms with Gasteiger partial charge in [0.15, 0.2) is 0 Å². The first-order valence-corrected chi connectivity index (χ1v) is 15.7. The third kappa shape index (κ3) is 27.7. The molecule has 0 aromatic heterocycles. The van der Waals surface area contributed by atoms with Gasteiger partial charge in [-0.1, -0.05) is 48.3 Å². The lowest BCUT2D eigenvalue weighted by molar-refractivity contribution is 0.0489. The number of hydrogen-bond acceptors (Lipinski definition) is 9. The number of carbonyl (C=O) groups excluding carboxylic acids is 2. The number of hydrogen-bond donors (Lipinski definition) is 4. The summed E-state index contributed by atoms with van der Waals surface area (Å²) in [5.74, 6) is 6.35. The molecule has 0 rings (SSSR count). The van der Waals surface area contributed by atoms with Crippen molar-refractivity contribution in [3.05, 3.63) is 0 Å². The topological polar surface area (TPSA) is 119 Å². The number of rotatable bonds is 23. The van der Waals surface area contributed by atoms with E-state index in [1.165, 1.54) is 0 Å². The molecule has 12 heteroatoms. The maximum Gasteiger partial charge on any atom is 0.407 e. The predicted molar refractivity (Wildman–Crippen MR) is 158 cm³/mol. The Balaban J connectivity index is 3.52. The molecule has 0 aliphatic carbocycles. The van der Waals surface area contributed by atoms with E-state index in [0.29, 0.717) is 71.3 Å². The molecule has 0 unspecified atom stereocenters. The summed E-state index contributed by atoms with van der Waals surface area (Å²) in [7, 11) is 3.36. The number of carbonyl (C=O) groups is 2. The van der Waals surface area contributed by atoms with Gasteiger partial charge in [0.05, 0.1) is 39.6 Å². The van der Waals surface area contributed by atoms with Crippen LogP contribution in [0.15, 0.2) is 0 Å². The van der Waals surface area contributed by atoms with Crippen molar-refractivity contribution < 1.29 is 28.5 Å². The lowest BCUT2D eigenvalue weighted by atomic mass is 10.1. The molecule has 0 fully saturated rings. The number of alkyl carbamates (subject to hydrolysis) is 1. The molecule has 0 aromatic carbocycles. The van der Waals surface area contributed by atoms with Gasteiger partial charge in [-0.15, -0.1) is 5.92 Å². The first-order chi connectivity index (χ1) is 18.3. The van der Waals surface area contributed by atoms with E-state index < -0.39 is 6.09 Å². The number of unbranched alkanes of at least 4 members (excludes halogenated alkanes) is 1. The molecule has 0 aliphatic rings. The fourth-order valence-corrected chi connectivity index (χ4v) is 4.91. The molecule has 0 bridgehead atoms. The largest absolute Gasteiger partial charge is 0.450 e. The van der Waals surface area contributed by atoms with Crippen LogP contribution >= 0.6 is 21.6 Å². The summed E-state index contributed by atoms with van der Waals surface area (Å²) < 4.78 is 21.8. The summed E-state index contributed by atoms with van der Waals surface area (Å²) in [5.41, 5.74) is 0. The van der Waals surface area contributed by atoms with Crippen LogP contribution in [0.25, 0.3) is 0 Å². The molecule has 3 amide bonds. The van der Waals surface area contributed by atoms with Crippen LogP contribution in [-0.4, -0.2) is 94.7 Å². The summed E-state index contributed by atoms with van der Waals surface area (Å²) >= 11 is 0. The summed E-state index contributed by atoms with van der Waals surface area (Å²) in [6.07, 6.45) is 2.82. The van der Waals surface area contributed by atoms with Crippen LogP contribution in [0, 0.1) is 11.8 Å². The molecule has 0 radical (unpaired) electrons. The molecular formula is C26H50N4O6S2.